The fourth-order valence-electron chi connectivity index (χ4n) is 5.15. The Hall–Kier alpha value is -6.01. The van der Waals surface area contributed by atoms with Crippen molar-refractivity contribution in [3.63, 3.8) is 0 Å². The third kappa shape index (κ3) is 17.1. The SMILES string of the molecule is C=C.C=N/C=C(\NCC[C@@H](c1ccccc1)N(C)C)c1ccc(-c2ccc(-c3cnc([C@H](C)NC)[nH]3)cn2)cc1.CNC.NC=O.O=CCc1ccccc1. The number of hydrogen-bond acceptors (Lipinski definition) is 9. The summed E-state index contributed by atoms with van der Waals surface area (Å²) in [7, 11) is 9.91. The topological polar surface area (TPSA) is 153 Å². The van der Waals surface area contributed by atoms with E-state index in [1.165, 1.54) is 5.56 Å². The standard InChI is InChI=1S/C31H37N7.C8H8O.C2H7N.C2H4.CH3NO/c1-22(33-3)31-36-21-29(37-31)26-15-16-27(35-19-26)23-11-13-24(14-12-23)28(20-32-2)34-18-17-30(38(4)5)25-9-7-6-8-10-25;9-7-6-8-4-2-1-3-5-8;1-3-2;1-2;2-1-3/h6-16,19-22,30,33-34H,2,17-18H2,1,3-5H3,(H,36,37);1-5,7H,6H2;3H,1-2H3;1-2H2;1H,(H2,2,3)/b28-20-;;;;/t22-,30-;;;;/m0..../s1. The molecule has 2 aromatic heterocycles. The summed E-state index contributed by atoms with van der Waals surface area (Å²) in [5, 5.41) is 9.51. The molecule has 5 rings (SSSR count). The quantitative estimate of drug-likeness (QED) is 0.0469. The number of amides is 1. The van der Waals surface area contributed by atoms with Gasteiger partial charge in [0.2, 0.25) is 6.41 Å². The number of hydrogen-bond donors (Lipinski definition) is 5. The van der Waals surface area contributed by atoms with Gasteiger partial charge in [-0.1, -0.05) is 84.9 Å². The summed E-state index contributed by atoms with van der Waals surface area (Å²) in [5.41, 5.74) is 12.5. The second kappa shape index (κ2) is 28.5. The maximum absolute atomic E-state index is 9.97. The molecule has 0 spiro atoms. The van der Waals surface area contributed by atoms with Gasteiger partial charge in [0.1, 0.15) is 12.1 Å². The summed E-state index contributed by atoms with van der Waals surface area (Å²) in [6, 6.07) is 33.2. The number of benzene rings is 3. The van der Waals surface area contributed by atoms with Gasteiger partial charge < -0.3 is 36.4 Å². The predicted molar refractivity (Wildman–Crippen MR) is 230 cm³/mol. The van der Waals surface area contributed by atoms with Crippen LogP contribution in [0.5, 0.6) is 0 Å². The third-order valence-electron chi connectivity index (χ3n) is 7.93. The van der Waals surface area contributed by atoms with Crippen molar-refractivity contribution < 1.29 is 9.59 Å². The van der Waals surface area contributed by atoms with Crippen LogP contribution in [0, 0.1) is 0 Å². The maximum atomic E-state index is 9.97. The van der Waals surface area contributed by atoms with Crippen molar-refractivity contribution >= 4 is 25.1 Å². The molecule has 0 aliphatic rings. The van der Waals surface area contributed by atoms with E-state index in [1.54, 1.807) is 6.20 Å². The number of carbonyl (C=O) groups excluding carboxylic acids is 2. The first-order chi connectivity index (χ1) is 26.8. The minimum Gasteiger partial charge on any atom is -0.383 e. The number of pyridine rings is 1. The van der Waals surface area contributed by atoms with Crippen molar-refractivity contribution in [2.24, 2.45) is 10.7 Å². The van der Waals surface area contributed by atoms with Crippen LogP contribution in [0.1, 0.15) is 47.9 Å². The highest BCUT2D eigenvalue weighted by Gasteiger charge is 2.14. The molecular formula is C44H59N9O2. The number of imidazole rings is 1. The molecule has 11 heteroatoms. The highest BCUT2D eigenvalue weighted by Crippen LogP contribution is 2.25. The lowest BCUT2D eigenvalue weighted by Gasteiger charge is -2.25. The highest BCUT2D eigenvalue weighted by molar-refractivity contribution is 5.69. The van der Waals surface area contributed by atoms with Gasteiger partial charge in [-0.2, -0.15) is 0 Å². The highest BCUT2D eigenvalue weighted by atomic mass is 16.1. The maximum Gasteiger partial charge on any atom is 0.204 e. The molecule has 0 saturated heterocycles. The van der Waals surface area contributed by atoms with E-state index in [4.69, 9.17) is 9.78 Å². The fourth-order valence-corrected chi connectivity index (χ4v) is 5.15. The molecule has 2 atom stereocenters. The molecule has 0 saturated carbocycles. The fraction of sp³-hybridized carbons (Fsp3) is 0.250. The molecular weight excluding hydrogens is 687 g/mol. The largest absolute Gasteiger partial charge is 0.383 e. The summed E-state index contributed by atoms with van der Waals surface area (Å²) in [5.74, 6) is 0.908. The van der Waals surface area contributed by atoms with Crippen LogP contribution in [0.3, 0.4) is 0 Å². The van der Waals surface area contributed by atoms with Gasteiger partial charge in [0, 0.05) is 42.5 Å². The molecule has 1 amide bonds. The number of nitrogens with two attached hydrogens (primary N) is 1. The Balaban J connectivity index is 0.000000743. The zero-order valence-corrected chi connectivity index (χ0v) is 33.2. The number of aromatic amines is 1. The lowest BCUT2D eigenvalue weighted by Crippen LogP contribution is -2.24. The Morgan fingerprint density at radius 3 is 1.96 bits per heavy atom. The summed E-state index contributed by atoms with van der Waals surface area (Å²) in [6.07, 6.45) is 8.17. The molecule has 0 bridgehead atoms. The number of H-pyrrole nitrogens is 1. The molecule has 3 aromatic carbocycles. The van der Waals surface area contributed by atoms with Gasteiger partial charge >= 0.3 is 0 Å². The van der Waals surface area contributed by atoms with Crippen molar-refractivity contribution in [1.29, 1.82) is 0 Å². The Bertz CT molecular complexity index is 1770. The van der Waals surface area contributed by atoms with Gasteiger partial charge in [-0.3, -0.25) is 14.8 Å². The van der Waals surface area contributed by atoms with Crippen LogP contribution >= 0.6 is 0 Å². The number of primary amides is 1. The van der Waals surface area contributed by atoms with Crippen molar-refractivity contribution in [3.05, 3.63) is 151 Å². The lowest BCUT2D eigenvalue weighted by molar-refractivity contribution is -0.107. The van der Waals surface area contributed by atoms with E-state index in [2.05, 4.69) is 143 Å². The smallest absolute Gasteiger partial charge is 0.204 e. The van der Waals surface area contributed by atoms with Gasteiger partial charge in [-0.25, -0.2) is 4.98 Å². The minimum absolute atomic E-state index is 0.164. The van der Waals surface area contributed by atoms with E-state index in [-0.39, 0.29) is 12.5 Å². The predicted octanol–water partition coefficient (Wildman–Crippen LogP) is 6.87. The van der Waals surface area contributed by atoms with E-state index in [9.17, 15) is 4.79 Å². The number of nitrogens with one attached hydrogen (secondary N) is 4. The Morgan fingerprint density at radius 2 is 1.45 bits per heavy atom. The van der Waals surface area contributed by atoms with Crippen LogP contribution in [-0.4, -0.2) is 81.0 Å². The zero-order chi connectivity index (χ0) is 40.8. The summed E-state index contributed by atoms with van der Waals surface area (Å²) in [6.45, 7) is 12.5. The second-order valence-corrected chi connectivity index (χ2v) is 12.0. The molecule has 0 unspecified atom stereocenters. The van der Waals surface area contributed by atoms with Gasteiger partial charge in [-0.15, -0.1) is 13.2 Å². The van der Waals surface area contributed by atoms with Crippen LogP contribution < -0.4 is 21.7 Å². The molecule has 0 radical (unpaired) electrons. The lowest BCUT2D eigenvalue weighted by atomic mass is 10.0. The van der Waals surface area contributed by atoms with Crippen molar-refractivity contribution in [1.82, 2.24) is 35.8 Å². The van der Waals surface area contributed by atoms with E-state index in [1.807, 2.05) is 69.9 Å². The van der Waals surface area contributed by atoms with Crippen LogP contribution in [-0.2, 0) is 16.0 Å². The number of rotatable bonds is 14. The first kappa shape index (κ1) is 47.0. The van der Waals surface area contributed by atoms with Crippen molar-refractivity contribution in [2.45, 2.75) is 31.8 Å². The van der Waals surface area contributed by atoms with Crippen molar-refractivity contribution in [3.8, 4) is 22.5 Å². The van der Waals surface area contributed by atoms with Crippen molar-refractivity contribution in [2.75, 3.05) is 41.8 Å². The number of aliphatic imine (C=N–C) groups is 1. The number of aromatic nitrogens is 3. The number of carbonyl (C=O) groups is 2. The molecule has 6 N–H and O–H groups in total. The first-order valence-electron chi connectivity index (χ1n) is 17.9. The second-order valence-electron chi connectivity index (χ2n) is 12.0. The van der Waals surface area contributed by atoms with E-state index < -0.39 is 0 Å². The summed E-state index contributed by atoms with van der Waals surface area (Å²) < 4.78 is 0. The molecule has 0 aliphatic carbocycles. The van der Waals surface area contributed by atoms with Gasteiger partial charge in [-0.05, 0) is 84.1 Å². The molecule has 2 heterocycles. The average Bonchev–Trinajstić information content (AvgIpc) is 3.72. The van der Waals surface area contributed by atoms with Crippen LogP contribution in [0.25, 0.3) is 28.2 Å². The molecule has 0 aliphatic heterocycles. The Morgan fingerprint density at radius 1 is 0.873 bits per heavy atom. The molecule has 11 nitrogen and oxygen atoms in total. The molecule has 55 heavy (non-hydrogen) atoms. The first-order valence-corrected chi connectivity index (χ1v) is 17.9. The molecule has 292 valence electrons. The monoisotopic (exact) mass is 745 g/mol. The third-order valence-corrected chi connectivity index (χ3v) is 7.93. The Labute approximate surface area is 327 Å². The number of aldehydes is 1. The van der Waals surface area contributed by atoms with E-state index in [0.717, 1.165) is 64.4 Å². The normalized spacial score (nSPS) is 11.3. The molecule has 5 aromatic rings. The number of nitrogens with zero attached hydrogens (tertiary/aromatic N) is 4. The summed E-state index contributed by atoms with van der Waals surface area (Å²) in [4.78, 5) is 37.4. The molecule has 0 fully saturated rings. The average molecular weight is 746 g/mol. The van der Waals surface area contributed by atoms with E-state index in [0.29, 0.717) is 12.5 Å². The van der Waals surface area contributed by atoms with Crippen LogP contribution in [0.4, 0.5) is 0 Å². The summed E-state index contributed by atoms with van der Waals surface area (Å²) >= 11 is 0. The minimum atomic E-state index is 0.164. The van der Waals surface area contributed by atoms with Crippen LogP contribution in [0.15, 0.2) is 134 Å². The zero-order valence-electron chi connectivity index (χ0n) is 33.2. The van der Waals surface area contributed by atoms with Gasteiger partial charge in [0.25, 0.3) is 0 Å². The van der Waals surface area contributed by atoms with E-state index >= 15 is 0 Å². The van der Waals surface area contributed by atoms with Gasteiger partial charge in [0.15, 0.2) is 0 Å². The van der Waals surface area contributed by atoms with Gasteiger partial charge in [0.05, 0.1) is 29.3 Å². The van der Waals surface area contributed by atoms with Crippen LogP contribution in [0.2, 0.25) is 0 Å². The Kier molecular flexibility index (Phi) is 24.3.